The maximum absolute atomic E-state index is 12.1. The van der Waals surface area contributed by atoms with Crippen molar-refractivity contribution in [1.82, 2.24) is 4.90 Å². The van der Waals surface area contributed by atoms with Crippen LogP contribution in [0.15, 0.2) is 12.2 Å². The molecule has 0 aromatic rings. The standard InChI is InChI=1S/C13H19NO4/c1-7-5-8-6-9(7)10(11(15)16)14(8)12(17)18-13(2,3)4/h8-10H,1,5-6H2,2-4H3,(H,15,16)/t8?,9-,10?/m1/s1. The fourth-order valence-corrected chi connectivity index (χ4v) is 2.85. The second-order valence-electron chi connectivity index (χ2n) is 6.03. The summed E-state index contributed by atoms with van der Waals surface area (Å²) in [6, 6.07) is -0.885. The van der Waals surface area contributed by atoms with Crippen LogP contribution < -0.4 is 0 Å². The van der Waals surface area contributed by atoms with Crippen LogP contribution >= 0.6 is 0 Å². The van der Waals surface area contributed by atoms with E-state index in [-0.39, 0.29) is 12.0 Å². The van der Waals surface area contributed by atoms with Gasteiger partial charge in [-0.3, -0.25) is 4.90 Å². The van der Waals surface area contributed by atoms with Crippen LogP contribution in [0.4, 0.5) is 4.79 Å². The normalized spacial score (nSPS) is 30.7. The summed E-state index contributed by atoms with van der Waals surface area (Å²) in [6.07, 6.45) is 0.845. The second-order valence-corrected chi connectivity index (χ2v) is 6.03. The predicted octanol–water partition coefficient (Wildman–Crippen LogP) is 2.03. The van der Waals surface area contributed by atoms with Crippen molar-refractivity contribution in [2.75, 3.05) is 0 Å². The largest absolute Gasteiger partial charge is 0.480 e. The molecule has 2 unspecified atom stereocenters. The molecule has 5 nitrogen and oxygen atoms in total. The monoisotopic (exact) mass is 253 g/mol. The average molecular weight is 253 g/mol. The van der Waals surface area contributed by atoms with Crippen molar-refractivity contribution in [3.05, 3.63) is 12.2 Å². The molecule has 1 N–H and O–H groups in total. The van der Waals surface area contributed by atoms with Gasteiger partial charge in [-0.1, -0.05) is 12.2 Å². The number of hydrogen-bond donors (Lipinski definition) is 1. The minimum absolute atomic E-state index is 0.0709. The Morgan fingerprint density at radius 3 is 2.56 bits per heavy atom. The summed E-state index contributed by atoms with van der Waals surface area (Å²) >= 11 is 0. The molecule has 0 aromatic heterocycles. The van der Waals surface area contributed by atoms with Gasteiger partial charge in [0.25, 0.3) is 0 Å². The summed E-state index contributed by atoms with van der Waals surface area (Å²) in [5.41, 5.74) is 0.325. The molecule has 5 heteroatoms. The first-order valence-electron chi connectivity index (χ1n) is 6.12. The van der Waals surface area contributed by atoms with Crippen LogP contribution in [0.1, 0.15) is 33.6 Å². The maximum Gasteiger partial charge on any atom is 0.411 e. The number of fused-ring (bicyclic) bond motifs is 2. The molecule has 2 aliphatic rings. The molecule has 100 valence electrons. The van der Waals surface area contributed by atoms with Gasteiger partial charge in [0.1, 0.15) is 11.6 Å². The van der Waals surface area contributed by atoms with Gasteiger partial charge in [0, 0.05) is 12.0 Å². The fraction of sp³-hybridized carbons (Fsp3) is 0.692. The Kier molecular flexibility index (Phi) is 2.87. The number of carbonyl (C=O) groups excluding carboxylic acids is 1. The molecule has 2 bridgehead atoms. The van der Waals surface area contributed by atoms with Gasteiger partial charge in [0.05, 0.1) is 0 Å². The van der Waals surface area contributed by atoms with E-state index in [9.17, 15) is 14.7 Å². The Morgan fingerprint density at radius 2 is 2.06 bits per heavy atom. The quantitative estimate of drug-likeness (QED) is 0.726. The van der Waals surface area contributed by atoms with Gasteiger partial charge >= 0.3 is 12.1 Å². The van der Waals surface area contributed by atoms with Gasteiger partial charge < -0.3 is 9.84 Å². The topological polar surface area (TPSA) is 66.8 Å². The highest BCUT2D eigenvalue weighted by Gasteiger charge is 2.54. The van der Waals surface area contributed by atoms with E-state index < -0.39 is 23.7 Å². The molecule has 1 saturated carbocycles. The van der Waals surface area contributed by atoms with Gasteiger partial charge in [0.15, 0.2) is 0 Å². The van der Waals surface area contributed by atoms with Crippen molar-refractivity contribution in [3.63, 3.8) is 0 Å². The lowest BCUT2D eigenvalue weighted by atomic mass is 9.95. The van der Waals surface area contributed by atoms with Crippen LogP contribution in [0, 0.1) is 5.92 Å². The molecule has 1 amide bonds. The number of rotatable bonds is 1. The lowest BCUT2D eigenvalue weighted by Crippen LogP contribution is -2.51. The Labute approximate surface area is 106 Å². The van der Waals surface area contributed by atoms with Gasteiger partial charge in [-0.05, 0) is 33.6 Å². The van der Waals surface area contributed by atoms with Gasteiger partial charge in [-0.25, -0.2) is 9.59 Å². The van der Waals surface area contributed by atoms with Gasteiger partial charge in [0.2, 0.25) is 0 Å². The van der Waals surface area contributed by atoms with Crippen molar-refractivity contribution in [2.45, 2.75) is 51.3 Å². The van der Waals surface area contributed by atoms with Crippen LogP contribution in [-0.4, -0.2) is 39.8 Å². The number of carbonyl (C=O) groups is 2. The van der Waals surface area contributed by atoms with E-state index in [0.29, 0.717) is 12.8 Å². The minimum Gasteiger partial charge on any atom is -0.480 e. The Morgan fingerprint density at radius 1 is 1.44 bits per heavy atom. The third-order valence-corrected chi connectivity index (χ3v) is 3.48. The van der Waals surface area contributed by atoms with E-state index in [1.54, 1.807) is 20.8 Å². The van der Waals surface area contributed by atoms with Crippen molar-refractivity contribution < 1.29 is 19.4 Å². The van der Waals surface area contributed by atoms with Crippen molar-refractivity contribution >= 4 is 12.1 Å². The van der Waals surface area contributed by atoms with Crippen LogP contribution in [-0.2, 0) is 9.53 Å². The zero-order valence-electron chi connectivity index (χ0n) is 11.0. The van der Waals surface area contributed by atoms with Crippen LogP contribution in [0.2, 0.25) is 0 Å². The summed E-state index contributed by atoms with van der Waals surface area (Å²) < 4.78 is 5.28. The number of hydrogen-bond acceptors (Lipinski definition) is 3. The molecule has 3 atom stereocenters. The van der Waals surface area contributed by atoms with Crippen LogP contribution in [0.5, 0.6) is 0 Å². The summed E-state index contributed by atoms with van der Waals surface area (Å²) in [5.74, 6) is -1.10. The van der Waals surface area contributed by atoms with Gasteiger partial charge in [-0.2, -0.15) is 0 Å². The number of ether oxygens (including phenoxy) is 1. The SMILES string of the molecule is C=C1CC2C[C@H]1C(C(=O)O)N2C(=O)OC(C)(C)C. The Balaban J connectivity index is 2.20. The molecule has 2 fully saturated rings. The van der Waals surface area contributed by atoms with E-state index in [1.807, 2.05) is 0 Å². The highest BCUT2D eigenvalue weighted by molar-refractivity contribution is 5.83. The average Bonchev–Trinajstić information content (AvgIpc) is 2.69. The van der Waals surface area contributed by atoms with Crippen molar-refractivity contribution in [3.8, 4) is 0 Å². The van der Waals surface area contributed by atoms with Crippen LogP contribution in [0.3, 0.4) is 0 Å². The Hall–Kier alpha value is -1.52. The lowest BCUT2D eigenvalue weighted by Gasteiger charge is -2.34. The molecule has 1 aliphatic carbocycles. The van der Waals surface area contributed by atoms with E-state index >= 15 is 0 Å². The molecule has 1 aliphatic heterocycles. The zero-order valence-corrected chi connectivity index (χ0v) is 11.0. The molecular weight excluding hydrogens is 234 g/mol. The number of nitrogens with zero attached hydrogens (tertiary/aromatic N) is 1. The number of aliphatic carboxylic acids is 1. The number of carboxylic acids is 1. The van der Waals surface area contributed by atoms with E-state index in [2.05, 4.69) is 6.58 Å². The molecule has 0 radical (unpaired) electrons. The molecular formula is C13H19NO4. The van der Waals surface area contributed by atoms with E-state index in [4.69, 9.17) is 4.74 Å². The molecule has 2 rings (SSSR count). The summed E-state index contributed by atoms with van der Waals surface area (Å²) in [7, 11) is 0. The third kappa shape index (κ3) is 2.09. The smallest absolute Gasteiger partial charge is 0.411 e. The maximum atomic E-state index is 12.1. The number of amides is 1. The third-order valence-electron chi connectivity index (χ3n) is 3.48. The molecule has 18 heavy (non-hydrogen) atoms. The Bertz CT molecular complexity index is 410. The van der Waals surface area contributed by atoms with E-state index in [1.165, 1.54) is 4.90 Å². The molecule has 1 heterocycles. The predicted molar refractivity (Wildman–Crippen MR) is 65.1 cm³/mol. The zero-order chi connectivity index (χ0) is 13.7. The molecule has 1 saturated heterocycles. The molecule has 0 spiro atoms. The number of likely N-dealkylation sites (tertiary alicyclic amines) is 1. The van der Waals surface area contributed by atoms with Crippen molar-refractivity contribution in [2.24, 2.45) is 5.92 Å². The first kappa shape index (κ1) is 12.9. The first-order valence-corrected chi connectivity index (χ1v) is 6.12. The van der Waals surface area contributed by atoms with Crippen molar-refractivity contribution in [1.29, 1.82) is 0 Å². The summed E-state index contributed by atoms with van der Waals surface area (Å²) in [4.78, 5) is 24.8. The fourth-order valence-electron chi connectivity index (χ4n) is 2.85. The first-order chi connectivity index (χ1) is 8.20. The minimum atomic E-state index is -0.978. The van der Waals surface area contributed by atoms with Crippen LogP contribution in [0.25, 0.3) is 0 Å². The summed E-state index contributed by atoms with van der Waals surface area (Å²) in [5, 5.41) is 9.28. The highest BCUT2D eigenvalue weighted by Crippen LogP contribution is 2.45. The highest BCUT2D eigenvalue weighted by atomic mass is 16.6. The lowest BCUT2D eigenvalue weighted by molar-refractivity contribution is -0.144. The number of carboxylic acid groups (broad SMARTS) is 1. The number of piperidine rings is 1. The van der Waals surface area contributed by atoms with Gasteiger partial charge in [-0.15, -0.1) is 0 Å². The molecule has 0 aromatic carbocycles. The summed E-state index contributed by atoms with van der Waals surface area (Å²) in [6.45, 7) is 9.21. The van der Waals surface area contributed by atoms with E-state index in [0.717, 1.165) is 5.57 Å². The second kappa shape index (κ2) is 4.00.